The van der Waals surface area contributed by atoms with Gasteiger partial charge in [0.15, 0.2) is 0 Å². The van der Waals surface area contributed by atoms with Gasteiger partial charge in [0.25, 0.3) is 0 Å². The van der Waals surface area contributed by atoms with Crippen LogP contribution in [-0.2, 0) is 0 Å². The maximum Gasteiger partial charge on any atom is 0.0406 e. The summed E-state index contributed by atoms with van der Waals surface area (Å²) in [4.78, 5) is 0. The molecule has 2 saturated carbocycles. The van der Waals surface area contributed by atoms with E-state index in [0.29, 0.717) is 12.1 Å². The molecule has 1 N–H and O–H groups in total. The van der Waals surface area contributed by atoms with Crippen molar-refractivity contribution in [1.29, 1.82) is 0 Å². The van der Waals surface area contributed by atoms with Gasteiger partial charge in [0.05, 0.1) is 0 Å². The molecule has 0 aliphatic heterocycles. The minimum absolute atomic E-state index is 0.479. The molecule has 4 atom stereocenters. The fraction of sp³-hybridized carbons (Fsp3) is 0.684. The topological polar surface area (TPSA) is 12.0 Å². The Morgan fingerprint density at radius 2 is 1.76 bits per heavy atom. The molecule has 0 saturated heterocycles. The van der Waals surface area contributed by atoms with E-state index in [1.807, 2.05) is 12.1 Å². The lowest BCUT2D eigenvalue weighted by molar-refractivity contribution is 0.138. The molecule has 3 rings (SSSR count). The second kappa shape index (κ2) is 7.15. The molecule has 0 aromatic heterocycles. The maximum atomic E-state index is 6.01. The maximum absolute atomic E-state index is 6.01. The summed E-state index contributed by atoms with van der Waals surface area (Å²) < 4.78 is 0. The van der Waals surface area contributed by atoms with Gasteiger partial charge in [-0.3, -0.25) is 0 Å². The molecule has 2 heteroatoms. The fourth-order valence-corrected chi connectivity index (χ4v) is 4.58. The van der Waals surface area contributed by atoms with Gasteiger partial charge in [-0.25, -0.2) is 0 Å². The molecule has 2 fully saturated rings. The van der Waals surface area contributed by atoms with Gasteiger partial charge < -0.3 is 5.32 Å². The number of halogens is 1. The zero-order chi connectivity index (χ0) is 14.7. The van der Waals surface area contributed by atoms with Crippen LogP contribution < -0.4 is 5.32 Å². The molecule has 1 aromatic rings. The van der Waals surface area contributed by atoms with E-state index in [2.05, 4.69) is 24.4 Å². The van der Waals surface area contributed by atoms with Gasteiger partial charge in [-0.2, -0.15) is 0 Å². The Morgan fingerprint density at radius 1 is 1.05 bits per heavy atom. The van der Waals surface area contributed by atoms with Crippen LogP contribution in [0.4, 0.5) is 0 Å². The smallest absolute Gasteiger partial charge is 0.0406 e. The largest absolute Gasteiger partial charge is 0.307 e. The van der Waals surface area contributed by atoms with Crippen molar-refractivity contribution in [3.05, 3.63) is 34.9 Å². The van der Waals surface area contributed by atoms with Gasteiger partial charge in [0, 0.05) is 17.1 Å². The van der Waals surface area contributed by atoms with E-state index in [1.165, 1.54) is 50.5 Å². The first-order valence-corrected chi connectivity index (χ1v) is 9.15. The molecule has 0 radical (unpaired) electrons. The van der Waals surface area contributed by atoms with E-state index in [4.69, 9.17) is 11.6 Å². The number of nitrogens with one attached hydrogen (secondary N) is 1. The monoisotopic (exact) mass is 305 g/mol. The van der Waals surface area contributed by atoms with E-state index < -0.39 is 0 Å². The van der Waals surface area contributed by atoms with Gasteiger partial charge in [0.1, 0.15) is 0 Å². The van der Waals surface area contributed by atoms with Crippen LogP contribution in [0, 0.1) is 11.8 Å². The van der Waals surface area contributed by atoms with Gasteiger partial charge in [-0.15, -0.1) is 0 Å². The number of benzene rings is 1. The fourth-order valence-electron chi connectivity index (χ4n) is 4.45. The first-order valence-electron chi connectivity index (χ1n) is 8.77. The van der Waals surface area contributed by atoms with E-state index in [-0.39, 0.29) is 0 Å². The van der Waals surface area contributed by atoms with Crippen molar-refractivity contribution in [2.45, 2.75) is 70.4 Å². The van der Waals surface area contributed by atoms with Crippen molar-refractivity contribution in [2.75, 3.05) is 0 Å². The Labute approximate surface area is 134 Å². The summed E-state index contributed by atoms with van der Waals surface area (Å²) in [5.74, 6) is 2.03. The lowest BCUT2D eigenvalue weighted by atomic mass is 9.69. The van der Waals surface area contributed by atoms with E-state index in [9.17, 15) is 0 Å². The molecule has 0 amide bonds. The molecule has 2 aliphatic rings. The molecule has 116 valence electrons. The van der Waals surface area contributed by atoms with Crippen LogP contribution in [0.1, 0.15) is 69.9 Å². The average Bonchev–Trinajstić information content (AvgIpc) is 2.53. The molecule has 0 spiro atoms. The second-order valence-electron chi connectivity index (χ2n) is 6.99. The number of hydrogen-bond donors (Lipinski definition) is 1. The van der Waals surface area contributed by atoms with Crippen LogP contribution in [0.25, 0.3) is 0 Å². The lowest BCUT2D eigenvalue weighted by Crippen LogP contribution is -2.40. The first-order chi connectivity index (χ1) is 10.3. The molecule has 0 heterocycles. The molecule has 4 unspecified atom stereocenters. The Kier molecular flexibility index (Phi) is 5.24. The van der Waals surface area contributed by atoms with Crippen LogP contribution in [0.15, 0.2) is 24.3 Å². The van der Waals surface area contributed by atoms with E-state index >= 15 is 0 Å². The highest BCUT2D eigenvalue weighted by Gasteiger charge is 2.32. The summed E-state index contributed by atoms with van der Waals surface area (Å²) in [5.41, 5.74) is 1.38. The molecule has 1 nitrogen and oxygen atoms in total. The van der Waals surface area contributed by atoms with Gasteiger partial charge in [-0.05, 0) is 55.2 Å². The van der Waals surface area contributed by atoms with Crippen LogP contribution in [-0.4, -0.2) is 6.04 Å². The minimum atomic E-state index is 0.479. The van der Waals surface area contributed by atoms with Crippen LogP contribution in [0.2, 0.25) is 5.02 Å². The third-order valence-corrected chi connectivity index (χ3v) is 5.91. The van der Waals surface area contributed by atoms with Crippen LogP contribution >= 0.6 is 11.6 Å². The predicted molar refractivity (Wildman–Crippen MR) is 90.7 cm³/mol. The zero-order valence-electron chi connectivity index (χ0n) is 13.2. The normalized spacial score (nSPS) is 30.7. The third-order valence-electron chi connectivity index (χ3n) is 5.66. The number of fused-ring (bicyclic) bond motifs is 1. The van der Waals surface area contributed by atoms with E-state index in [0.717, 1.165) is 23.3 Å². The van der Waals surface area contributed by atoms with Crippen molar-refractivity contribution in [1.82, 2.24) is 5.32 Å². The summed E-state index contributed by atoms with van der Waals surface area (Å²) in [5, 5.41) is 4.76. The SMILES string of the molecule is CCC(NC1CCC2CCCCC2C1)c1ccc(Cl)cc1. The highest BCUT2D eigenvalue weighted by molar-refractivity contribution is 6.30. The molecule has 21 heavy (non-hydrogen) atoms. The van der Waals surface area contributed by atoms with Crippen molar-refractivity contribution in [3.63, 3.8) is 0 Å². The Bertz CT molecular complexity index is 441. The lowest BCUT2D eigenvalue weighted by Gasteiger charge is -2.40. The quantitative estimate of drug-likeness (QED) is 0.748. The standard InChI is InChI=1S/C19H28ClN/c1-2-19(15-7-10-17(20)11-8-15)21-18-12-9-14-5-3-4-6-16(14)13-18/h7-8,10-11,14,16,18-19,21H,2-6,9,12-13H2,1H3. The average molecular weight is 306 g/mol. The van der Waals surface area contributed by atoms with Crippen LogP contribution in [0.3, 0.4) is 0 Å². The zero-order valence-corrected chi connectivity index (χ0v) is 13.9. The molecule has 0 bridgehead atoms. The predicted octanol–water partition coefficient (Wildman–Crippen LogP) is 5.74. The highest BCUT2D eigenvalue weighted by Crippen LogP contribution is 2.41. The Morgan fingerprint density at radius 3 is 2.48 bits per heavy atom. The summed E-state index contributed by atoms with van der Waals surface area (Å²) in [6.45, 7) is 2.28. The van der Waals surface area contributed by atoms with Crippen molar-refractivity contribution >= 4 is 11.6 Å². The van der Waals surface area contributed by atoms with Crippen molar-refractivity contribution in [3.8, 4) is 0 Å². The molecular formula is C19H28ClN. The Hall–Kier alpha value is -0.530. The van der Waals surface area contributed by atoms with Gasteiger partial charge in [-0.1, -0.05) is 56.3 Å². The third kappa shape index (κ3) is 3.81. The first kappa shape index (κ1) is 15.4. The number of rotatable bonds is 4. The van der Waals surface area contributed by atoms with E-state index in [1.54, 1.807) is 0 Å². The summed E-state index contributed by atoms with van der Waals surface area (Å²) in [6.07, 6.45) is 11.3. The summed E-state index contributed by atoms with van der Waals surface area (Å²) in [7, 11) is 0. The van der Waals surface area contributed by atoms with Crippen LogP contribution in [0.5, 0.6) is 0 Å². The van der Waals surface area contributed by atoms with Gasteiger partial charge in [0.2, 0.25) is 0 Å². The number of hydrogen-bond acceptors (Lipinski definition) is 1. The molecule has 2 aliphatic carbocycles. The molecular weight excluding hydrogens is 278 g/mol. The molecule has 1 aromatic carbocycles. The Balaban J connectivity index is 1.60. The van der Waals surface area contributed by atoms with Gasteiger partial charge >= 0.3 is 0 Å². The summed E-state index contributed by atoms with van der Waals surface area (Å²) in [6, 6.07) is 9.57. The van der Waals surface area contributed by atoms with Crippen molar-refractivity contribution in [2.24, 2.45) is 11.8 Å². The van der Waals surface area contributed by atoms with Crippen molar-refractivity contribution < 1.29 is 0 Å². The highest BCUT2D eigenvalue weighted by atomic mass is 35.5. The second-order valence-corrected chi connectivity index (χ2v) is 7.43. The summed E-state index contributed by atoms with van der Waals surface area (Å²) >= 11 is 6.01. The minimum Gasteiger partial charge on any atom is -0.307 e.